The van der Waals surface area contributed by atoms with Gasteiger partial charge in [-0.3, -0.25) is 5.43 Å². The second-order valence-electron chi connectivity index (χ2n) is 7.20. The molecule has 1 aromatic rings. The largest absolute Gasteiger partial charge is 0.376 e. The smallest absolute Gasteiger partial charge is 0.187 e. The zero-order valence-corrected chi connectivity index (χ0v) is 16.2. The van der Waals surface area contributed by atoms with Gasteiger partial charge in [0.2, 0.25) is 0 Å². The summed E-state index contributed by atoms with van der Waals surface area (Å²) in [5, 5.41) is 8.03. The predicted octanol–water partition coefficient (Wildman–Crippen LogP) is 3.59. The van der Waals surface area contributed by atoms with E-state index in [1.807, 2.05) is 6.21 Å². The van der Waals surface area contributed by atoms with Crippen molar-refractivity contribution < 1.29 is 4.74 Å². The molecule has 5 nitrogen and oxygen atoms in total. The summed E-state index contributed by atoms with van der Waals surface area (Å²) in [4.78, 5) is 0. The lowest BCUT2D eigenvalue weighted by molar-refractivity contribution is 0.114. The van der Waals surface area contributed by atoms with E-state index in [0.29, 0.717) is 11.2 Å². The standard InChI is InChI=1S/C19H30N4OS/c1-14-11-16(15(2)23(14)17-7-4-3-5-8-17)12-21-22-19(25)20-13-18-9-6-10-24-18/h11-12,17-18H,3-10,13H2,1-2H3,(H2,20,22,25)/b21-12-/t18-/m1/s1. The fourth-order valence-corrected chi connectivity index (χ4v) is 4.18. The fraction of sp³-hybridized carbons (Fsp3) is 0.684. The van der Waals surface area contributed by atoms with Crippen LogP contribution in [0.1, 0.15) is 67.9 Å². The molecule has 0 unspecified atom stereocenters. The Morgan fingerprint density at radius 1 is 1.28 bits per heavy atom. The van der Waals surface area contributed by atoms with Crippen molar-refractivity contribution in [2.45, 2.75) is 70.9 Å². The molecule has 138 valence electrons. The summed E-state index contributed by atoms with van der Waals surface area (Å²) >= 11 is 5.27. The number of hydrogen-bond acceptors (Lipinski definition) is 3. The topological polar surface area (TPSA) is 50.6 Å². The van der Waals surface area contributed by atoms with Gasteiger partial charge < -0.3 is 14.6 Å². The monoisotopic (exact) mass is 362 g/mol. The number of nitrogens with one attached hydrogen (secondary N) is 2. The first-order valence-corrected chi connectivity index (χ1v) is 9.93. The van der Waals surface area contributed by atoms with Crippen molar-refractivity contribution >= 4 is 23.5 Å². The molecule has 2 aliphatic rings. The van der Waals surface area contributed by atoms with E-state index in [0.717, 1.165) is 31.6 Å². The Bertz CT molecular complexity index is 613. The lowest BCUT2D eigenvalue weighted by Gasteiger charge is -2.26. The molecule has 0 amide bonds. The molecule has 0 bridgehead atoms. The van der Waals surface area contributed by atoms with E-state index in [9.17, 15) is 0 Å². The Morgan fingerprint density at radius 2 is 2.08 bits per heavy atom. The maximum absolute atomic E-state index is 5.58. The number of ether oxygens (including phenoxy) is 1. The van der Waals surface area contributed by atoms with Gasteiger partial charge in [-0.2, -0.15) is 5.10 Å². The lowest BCUT2D eigenvalue weighted by atomic mass is 9.95. The number of hydrazone groups is 1. The highest BCUT2D eigenvalue weighted by molar-refractivity contribution is 7.80. The Morgan fingerprint density at radius 3 is 2.80 bits per heavy atom. The van der Waals surface area contributed by atoms with Gasteiger partial charge in [-0.25, -0.2) is 0 Å². The molecule has 1 atom stereocenters. The van der Waals surface area contributed by atoms with E-state index in [4.69, 9.17) is 17.0 Å². The summed E-state index contributed by atoms with van der Waals surface area (Å²) in [6.45, 7) is 6.00. The average Bonchev–Trinajstić information content (AvgIpc) is 3.22. The number of nitrogens with zero attached hydrogens (tertiary/aromatic N) is 2. The second kappa shape index (κ2) is 8.81. The Kier molecular flexibility index (Phi) is 6.48. The Balaban J connectivity index is 1.53. The molecule has 1 saturated carbocycles. The minimum atomic E-state index is 0.276. The van der Waals surface area contributed by atoms with E-state index in [2.05, 4.69) is 40.3 Å². The van der Waals surface area contributed by atoms with Crippen LogP contribution in [0.3, 0.4) is 0 Å². The van der Waals surface area contributed by atoms with Crippen LogP contribution in [0.2, 0.25) is 0 Å². The van der Waals surface area contributed by atoms with Crippen LogP contribution in [-0.2, 0) is 4.74 Å². The normalized spacial score (nSPS) is 21.8. The third-order valence-electron chi connectivity index (χ3n) is 5.35. The van der Waals surface area contributed by atoms with Crippen molar-refractivity contribution in [2.24, 2.45) is 5.10 Å². The van der Waals surface area contributed by atoms with Crippen LogP contribution in [0.25, 0.3) is 0 Å². The Hall–Kier alpha value is -1.40. The van der Waals surface area contributed by atoms with Crippen LogP contribution in [0.15, 0.2) is 11.2 Å². The van der Waals surface area contributed by atoms with Crippen LogP contribution >= 0.6 is 12.2 Å². The van der Waals surface area contributed by atoms with Gasteiger partial charge in [0.1, 0.15) is 0 Å². The van der Waals surface area contributed by atoms with E-state index >= 15 is 0 Å². The molecule has 2 heterocycles. The van der Waals surface area contributed by atoms with Crippen LogP contribution in [0, 0.1) is 13.8 Å². The van der Waals surface area contributed by atoms with Crippen molar-refractivity contribution in [1.82, 2.24) is 15.3 Å². The fourth-order valence-electron chi connectivity index (χ4n) is 4.05. The third-order valence-corrected chi connectivity index (χ3v) is 5.58. The minimum absolute atomic E-state index is 0.276. The number of thiocarbonyl (C=S) groups is 1. The molecule has 1 aliphatic heterocycles. The number of aromatic nitrogens is 1. The maximum Gasteiger partial charge on any atom is 0.187 e. The average molecular weight is 363 g/mol. The van der Waals surface area contributed by atoms with E-state index in [-0.39, 0.29) is 6.10 Å². The van der Waals surface area contributed by atoms with Gasteiger partial charge in [-0.1, -0.05) is 19.3 Å². The lowest BCUT2D eigenvalue weighted by Crippen LogP contribution is -2.37. The van der Waals surface area contributed by atoms with Gasteiger partial charge in [0.05, 0.1) is 12.3 Å². The first-order chi connectivity index (χ1) is 12.1. The van der Waals surface area contributed by atoms with Crippen LogP contribution in [0.4, 0.5) is 0 Å². The van der Waals surface area contributed by atoms with Gasteiger partial charge in [0.25, 0.3) is 0 Å². The highest BCUT2D eigenvalue weighted by Crippen LogP contribution is 2.31. The van der Waals surface area contributed by atoms with E-state index < -0.39 is 0 Å². The molecular formula is C19H30N4OS. The van der Waals surface area contributed by atoms with Crippen molar-refractivity contribution in [2.75, 3.05) is 13.2 Å². The quantitative estimate of drug-likeness (QED) is 0.477. The third kappa shape index (κ3) is 4.82. The molecule has 2 N–H and O–H groups in total. The van der Waals surface area contributed by atoms with Crippen molar-refractivity contribution in [3.8, 4) is 0 Å². The van der Waals surface area contributed by atoms with Gasteiger partial charge in [-0.05, 0) is 57.8 Å². The van der Waals surface area contributed by atoms with Gasteiger partial charge >= 0.3 is 0 Å². The number of hydrogen-bond donors (Lipinski definition) is 2. The van der Waals surface area contributed by atoms with Crippen LogP contribution < -0.4 is 10.7 Å². The summed E-state index contributed by atoms with van der Waals surface area (Å²) < 4.78 is 8.07. The molecular weight excluding hydrogens is 332 g/mol. The molecule has 1 saturated heterocycles. The number of rotatable bonds is 5. The second-order valence-corrected chi connectivity index (χ2v) is 7.61. The number of aryl methyl sites for hydroxylation is 1. The van der Waals surface area contributed by atoms with Crippen LogP contribution in [0.5, 0.6) is 0 Å². The zero-order valence-electron chi connectivity index (χ0n) is 15.4. The first-order valence-electron chi connectivity index (χ1n) is 9.52. The molecule has 0 radical (unpaired) electrons. The highest BCUT2D eigenvalue weighted by Gasteiger charge is 2.19. The summed E-state index contributed by atoms with van der Waals surface area (Å²) in [5.74, 6) is 0. The summed E-state index contributed by atoms with van der Waals surface area (Å²) in [7, 11) is 0. The summed E-state index contributed by atoms with van der Waals surface area (Å²) in [6, 6.07) is 2.87. The highest BCUT2D eigenvalue weighted by atomic mass is 32.1. The maximum atomic E-state index is 5.58. The van der Waals surface area contributed by atoms with Gasteiger partial charge in [0, 0.05) is 36.1 Å². The molecule has 0 spiro atoms. The van der Waals surface area contributed by atoms with Gasteiger partial charge in [-0.15, -0.1) is 0 Å². The van der Waals surface area contributed by atoms with Gasteiger partial charge in [0.15, 0.2) is 5.11 Å². The molecule has 3 rings (SSSR count). The molecule has 25 heavy (non-hydrogen) atoms. The van der Waals surface area contributed by atoms with Crippen molar-refractivity contribution in [3.05, 3.63) is 23.0 Å². The zero-order chi connectivity index (χ0) is 17.6. The van der Waals surface area contributed by atoms with Crippen LogP contribution in [-0.4, -0.2) is 35.1 Å². The molecule has 6 heteroatoms. The first kappa shape index (κ1) is 18.4. The SMILES string of the molecule is Cc1cc(/C=N\NC(=S)NC[C@H]2CCCO2)c(C)n1C1CCCCC1. The Labute approximate surface area is 156 Å². The summed E-state index contributed by atoms with van der Waals surface area (Å²) in [6.07, 6.45) is 11.1. The van der Waals surface area contributed by atoms with E-state index in [1.165, 1.54) is 43.5 Å². The molecule has 2 fully saturated rings. The molecule has 0 aromatic carbocycles. The molecule has 1 aromatic heterocycles. The minimum Gasteiger partial charge on any atom is -0.376 e. The summed E-state index contributed by atoms with van der Waals surface area (Å²) in [5.41, 5.74) is 6.70. The van der Waals surface area contributed by atoms with Crippen molar-refractivity contribution in [1.29, 1.82) is 0 Å². The van der Waals surface area contributed by atoms with E-state index in [1.54, 1.807) is 0 Å². The van der Waals surface area contributed by atoms with Crippen molar-refractivity contribution in [3.63, 3.8) is 0 Å². The molecule has 1 aliphatic carbocycles. The predicted molar refractivity (Wildman–Crippen MR) is 106 cm³/mol.